The number of benzene rings is 6. The third kappa shape index (κ3) is 3.93. The SMILES string of the molecule is CCn1c2ccccc2c2cc(-c3ccc4c(c3)c3cc(P(=O)(c5ccccc5)c5ccccc5)ccc3n4CC)ccc21. The summed E-state index contributed by atoms with van der Waals surface area (Å²) < 4.78 is 20.0. The van der Waals surface area contributed by atoms with Gasteiger partial charge in [0, 0.05) is 72.6 Å². The molecule has 0 N–H and O–H groups in total. The highest BCUT2D eigenvalue weighted by molar-refractivity contribution is 7.85. The van der Waals surface area contributed by atoms with E-state index in [0.717, 1.165) is 39.9 Å². The molecule has 0 saturated carbocycles. The van der Waals surface area contributed by atoms with E-state index in [1.807, 2.05) is 60.7 Å². The molecule has 6 aromatic carbocycles. The van der Waals surface area contributed by atoms with Gasteiger partial charge in [0.15, 0.2) is 7.14 Å². The first-order chi connectivity index (χ1) is 21.6. The number of hydrogen-bond donors (Lipinski definition) is 0. The predicted molar refractivity (Wildman–Crippen MR) is 189 cm³/mol. The molecule has 0 saturated heterocycles. The third-order valence-electron chi connectivity index (χ3n) is 9.19. The molecule has 0 aliphatic carbocycles. The van der Waals surface area contributed by atoms with Crippen molar-refractivity contribution >= 4 is 66.7 Å². The van der Waals surface area contributed by atoms with Gasteiger partial charge in [-0.15, -0.1) is 0 Å². The van der Waals surface area contributed by atoms with Crippen LogP contribution in [0, 0.1) is 0 Å². The van der Waals surface area contributed by atoms with Crippen molar-refractivity contribution in [1.82, 2.24) is 9.13 Å². The van der Waals surface area contributed by atoms with E-state index < -0.39 is 7.14 Å². The molecule has 3 nitrogen and oxygen atoms in total. The van der Waals surface area contributed by atoms with Gasteiger partial charge < -0.3 is 13.7 Å². The standard InChI is InChI=1S/C40H33N2OP/c1-3-41-37-18-12-11-17-33(37)34-25-28(19-22-38(34)41)29-20-23-39-35(26-29)36-27-32(21-24-40(36)42(39)4-2)44(43,30-13-7-5-8-14-30)31-15-9-6-10-16-31/h5-27H,3-4H2,1-2H3. The number of fused-ring (bicyclic) bond motifs is 6. The second-order valence-corrected chi connectivity index (χ2v) is 14.2. The largest absolute Gasteiger partial charge is 0.341 e. The molecule has 0 unspecified atom stereocenters. The zero-order valence-corrected chi connectivity index (χ0v) is 25.8. The molecule has 0 aliphatic heterocycles. The van der Waals surface area contributed by atoms with Crippen LogP contribution in [0.3, 0.4) is 0 Å². The molecular weight excluding hydrogens is 555 g/mol. The van der Waals surface area contributed by atoms with Crippen LogP contribution in [0.2, 0.25) is 0 Å². The Labute approximate surface area is 257 Å². The maximum Gasteiger partial charge on any atom is 0.171 e. The maximum atomic E-state index is 15.2. The minimum Gasteiger partial charge on any atom is -0.341 e. The number of rotatable bonds is 6. The van der Waals surface area contributed by atoms with Crippen LogP contribution < -0.4 is 15.9 Å². The van der Waals surface area contributed by atoms with Gasteiger partial charge in [-0.05, 0) is 73.5 Å². The Bertz CT molecular complexity index is 2340. The van der Waals surface area contributed by atoms with Crippen molar-refractivity contribution < 1.29 is 4.57 Å². The van der Waals surface area contributed by atoms with Gasteiger partial charge in [-0.2, -0.15) is 0 Å². The monoisotopic (exact) mass is 588 g/mol. The summed E-state index contributed by atoms with van der Waals surface area (Å²) in [5, 5.41) is 7.45. The topological polar surface area (TPSA) is 26.9 Å². The van der Waals surface area contributed by atoms with Gasteiger partial charge in [0.2, 0.25) is 0 Å². The van der Waals surface area contributed by atoms with Crippen molar-refractivity contribution in [1.29, 1.82) is 0 Å². The molecule has 0 spiro atoms. The van der Waals surface area contributed by atoms with E-state index in [1.54, 1.807) is 0 Å². The number of nitrogens with zero attached hydrogens (tertiary/aromatic N) is 2. The Hall–Kier alpha value is -4.85. The molecule has 214 valence electrons. The maximum absolute atomic E-state index is 15.2. The average Bonchev–Trinajstić information content (AvgIpc) is 3.59. The van der Waals surface area contributed by atoms with Gasteiger partial charge in [-0.1, -0.05) is 91.0 Å². The van der Waals surface area contributed by atoms with E-state index >= 15 is 4.57 Å². The Morgan fingerprint density at radius 2 is 0.864 bits per heavy atom. The summed E-state index contributed by atoms with van der Waals surface area (Å²) in [6, 6.07) is 48.7. The second kappa shape index (κ2) is 10.4. The van der Waals surface area contributed by atoms with E-state index in [4.69, 9.17) is 0 Å². The van der Waals surface area contributed by atoms with Crippen molar-refractivity contribution in [2.75, 3.05) is 0 Å². The fourth-order valence-electron chi connectivity index (χ4n) is 7.11. The highest BCUT2D eigenvalue weighted by Crippen LogP contribution is 2.44. The molecule has 0 fully saturated rings. The van der Waals surface area contributed by atoms with E-state index in [1.165, 1.54) is 43.8 Å². The van der Waals surface area contributed by atoms with Crippen molar-refractivity contribution in [3.63, 3.8) is 0 Å². The van der Waals surface area contributed by atoms with Gasteiger partial charge in [-0.25, -0.2) is 0 Å². The molecule has 0 amide bonds. The minimum absolute atomic E-state index is 0.852. The third-order valence-corrected chi connectivity index (χ3v) is 12.2. The van der Waals surface area contributed by atoms with E-state index in [0.29, 0.717) is 0 Å². The molecule has 0 atom stereocenters. The Morgan fingerprint density at radius 3 is 1.41 bits per heavy atom. The summed E-state index contributed by atoms with van der Waals surface area (Å²) >= 11 is 0. The first-order valence-electron chi connectivity index (χ1n) is 15.4. The normalized spacial score (nSPS) is 12.1. The number of aryl methyl sites for hydroxylation is 2. The van der Waals surface area contributed by atoms with Crippen LogP contribution in [0.25, 0.3) is 54.7 Å². The first kappa shape index (κ1) is 26.8. The Kier molecular flexibility index (Phi) is 6.32. The lowest BCUT2D eigenvalue weighted by molar-refractivity contribution is 0.592. The van der Waals surface area contributed by atoms with Crippen molar-refractivity contribution in [2.45, 2.75) is 26.9 Å². The lowest BCUT2D eigenvalue weighted by Crippen LogP contribution is -2.24. The molecule has 0 bridgehead atoms. The van der Waals surface area contributed by atoms with Crippen LogP contribution in [-0.2, 0) is 17.7 Å². The zero-order chi connectivity index (χ0) is 29.8. The fourth-order valence-corrected chi connectivity index (χ4v) is 9.78. The molecule has 0 aliphatic rings. The van der Waals surface area contributed by atoms with E-state index in [9.17, 15) is 0 Å². The number of hydrogen-bond acceptors (Lipinski definition) is 1. The summed E-state index contributed by atoms with van der Waals surface area (Å²) in [5.74, 6) is 0. The summed E-state index contributed by atoms with van der Waals surface area (Å²) in [5.41, 5.74) is 7.29. The summed E-state index contributed by atoms with van der Waals surface area (Å²) in [6.45, 7) is 6.19. The molecule has 44 heavy (non-hydrogen) atoms. The van der Waals surface area contributed by atoms with Crippen LogP contribution in [0.4, 0.5) is 0 Å². The number of aromatic nitrogens is 2. The van der Waals surface area contributed by atoms with Crippen LogP contribution in [0.5, 0.6) is 0 Å². The van der Waals surface area contributed by atoms with Crippen LogP contribution in [0.15, 0.2) is 140 Å². The van der Waals surface area contributed by atoms with Crippen LogP contribution in [0.1, 0.15) is 13.8 Å². The van der Waals surface area contributed by atoms with Crippen molar-refractivity contribution in [3.05, 3.63) is 140 Å². The van der Waals surface area contributed by atoms with E-state index in [2.05, 4.69) is 102 Å². The average molecular weight is 589 g/mol. The minimum atomic E-state index is -3.09. The highest BCUT2D eigenvalue weighted by Gasteiger charge is 2.30. The summed E-state index contributed by atoms with van der Waals surface area (Å²) in [7, 11) is -3.09. The highest BCUT2D eigenvalue weighted by atomic mass is 31.2. The van der Waals surface area contributed by atoms with Gasteiger partial charge >= 0.3 is 0 Å². The van der Waals surface area contributed by atoms with Gasteiger partial charge in [0.05, 0.1) is 0 Å². The van der Waals surface area contributed by atoms with Crippen LogP contribution >= 0.6 is 7.14 Å². The lowest BCUT2D eigenvalue weighted by Gasteiger charge is -2.20. The van der Waals surface area contributed by atoms with E-state index in [-0.39, 0.29) is 0 Å². The van der Waals surface area contributed by atoms with Gasteiger partial charge in [0.1, 0.15) is 0 Å². The molecular formula is C40H33N2OP. The quantitative estimate of drug-likeness (QED) is 0.178. The van der Waals surface area contributed by atoms with Gasteiger partial charge in [0.25, 0.3) is 0 Å². The molecule has 4 heteroatoms. The fraction of sp³-hybridized carbons (Fsp3) is 0.100. The van der Waals surface area contributed by atoms with Crippen molar-refractivity contribution in [2.24, 2.45) is 0 Å². The van der Waals surface area contributed by atoms with Crippen molar-refractivity contribution in [3.8, 4) is 11.1 Å². The number of para-hydroxylation sites is 1. The molecule has 8 aromatic rings. The second-order valence-electron chi connectivity index (χ2n) is 11.5. The predicted octanol–water partition coefficient (Wildman–Crippen LogP) is 9.25. The van der Waals surface area contributed by atoms with Gasteiger partial charge in [-0.3, -0.25) is 0 Å². The Balaban J connectivity index is 1.35. The summed E-state index contributed by atoms with van der Waals surface area (Å²) in [6.07, 6.45) is 0. The summed E-state index contributed by atoms with van der Waals surface area (Å²) in [4.78, 5) is 0. The molecule has 2 aromatic heterocycles. The molecule has 2 heterocycles. The van der Waals surface area contributed by atoms with Crippen LogP contribution in [-0.4, -0.2) is 9.13 Å². The molecule has 8 rings (SSSR count). The molecule has 0 radical (unpaired) electrons. The first-order valence-corrected chi connectivity index (χ1v) is 17.1. The Morgan fingerprint density at radius 1 is 0.432 bits per heavy atom. The smallest absolute Gasteiger partial charge is 0.171 e. The lowest BCUT2D eigenvalue weighted by atomic mass is 10.0. The zero-order valence-electron chi connectivity index (χ0n) is 24.9.